The van der Waals surface area contributed by atoms with Crippen LogP contribution in [0.4, 0.5) is 18.9 Å². The molecular weight excluding hydrogens is 639 g/mol. The fourth-order valence-corrected chi connectivity index (χ4v) is 7.19. The molecule has 5 aromatic carbocycles. The van der Waals surface area contributed by atoms with Crippen LogP contribution in [0.3, 0.4) is 0 Å². The van der Waals surface area contributed by atoms with Gasteiger partial charge in [0, 0.05) is 33.2 Å². The van der Waals surface area contributed by atoms with E-state index in [-0.39, 0.29) is 49.4 Å². The third-order valence-electron chi connectivity index (χ3n) is 7.87. The zero-order chi connectivity index (χ0) is 34.2. The number of halogens is 3. The van der Waals surface area contributed by atoms with Crippen LogP contribution in [0.1, 0.15) is 27.9 Å². The molecule has 11 heteroatoms. The molecule has 48 heavy (non-hydrogen) atoms. The third-order valence-corrected chi connectivity index (χ3v) is 9.59. The quantitative estimate of drug-likeness (QED) is 0.126. The summed E-state index contributed by atoms with van der Waals surface area (Å²) in [6.07, 6.45) is -2.82. The molecule has 6 aromatic rings. The van der Waals surface area contributed by atoms with Gasteiger partial charge >= 0.3 is 5.97 Å². The van der Waals surface area contributed by atoms with Crippen molar-refractivity contribution in [3.8, 4) is 39.6 Å². The molecule has 0 saturated heterocycles. The van der Waals surface area contributed by atoms with Crippen LogP contribution in [0.5, 0.6) is 0 Å². The first-order chi connectivity index (χ1) is 23.1. The maximum Gasteiger partial charge on any atom is 0.337 e. The van der Waals surface area contributed by atoms with Gasteiger partial charge < -0.3 is 4.74 Å². The van der Waals surface area contributed by atoms with Gasteiger partial charge in [0.25, 0.3) is 16.4 Å². The first kappa shape index (κ1) is 31.8. The molecule has 0 fully saturated rings. The van der Waals surface area contributed by atoms with E-state index in [0.717, 1.165) is 40.4 Å². The number of aromatic nitrogens is 1. The Morgan fingerprint density at radius 2 is 1.56 bits per heavy atom. The van der Waals surface area contributed by atoms with Gasteiger partial charge in [-0.2, -0.15) is 5.26 Å². The standard InChI is InChI=1S/C37H22F3N3O4S/c1-42-31-8-4-7-27(21-41)33(31)34-30-20-28(38)15-18-32(30)43(48(45,46)29-16-13-23(14-17-29)36(39)40)35(34)26-6-3-5-25(19-26)22-9-11-24(12-10-22)37(44)47-2/h3-20,36H,2H3. The van der Waals surface area contributed by atoms with E-state index in [1.807, 2.05) is 0 Å². The lowest BCUT2D eigenvalue weighted by molar-refractivity contribution is 0.0600. The summed E-state index contributed by atoms with van der Waals surface area (Å²) < 4.78 is 76.6. The lowest BCUT2D eigenvalue weighted by Crippen LogP contribution is -2.14. The Balaban J connectivity index is 1.73. The van der Waals surface area contributed by atoms with Crippen molar-refractivity contribution in [2.24, 2.45) is 0 Å². The van der Waals surface area contributed by atoms with E-state index in [2.05, 4.69) is 10.9 Å². The maximum atomic E-state index is 15.0. The third kappa shape index (κ3) is 5.46. The SMILES string of the molecule is [C-]#[N+]c1cccc(C#N)c1-c1c(-c2cccc(-c3ccc(C(=O)OC)cc3)c2)n(S(=O)(=O)c2ccc(C(F)F)cc2)c2ccc(F)cc12. The normalized spacial score (nSPS) is 11.3. The number of hydrogen-bond acceptors (Lipinski definition) is 5. The minimum atomic E-state index is -4.58. The van der Waals surface area contributed by atoms with Gasteiger partial charge in [0.05, 0.1) is 41.4 Å². The minimum Gasteiger partial charge on any atom is -0.465 e. The number of hydrogen-bond donors (Lipinski definition) is 0. The summed E-state index contributed by atoms with van der Waals surface area (Å²) >= 11 is 0. The minimum absolute atomic E-state index is 0.0224. The van der Waals surface area contributed by atoms with E-state index in [4.69, 9.17) is 11.3 Å². The van der Waals surface area contributed by atoms with Crippen molar-refractivity contribution in [2.45, 2.75) is 11.3 Å². The highest BCUT2D eigenvalue weighted by atomic mass is 32.2. The van der Waals surface area contributed by atoms with Crippen molar-refractivity contribution in [1.29, 1.82) is 5.26 Å². The van der Waals surface area contributed by atoms with E-state index in [1.54, 1.807) is 48.5 Å². The smallest absolute Gasteiger partial charge is 0.337 e. The van der Waals surface area contributed by atoms with E-state index in [1.165, 1.54) is 31.4 Å². The summed E-state index contributed by atoms with van der Waals surface area (Å²) in [5.74, 6) is -1.21. The number of nitrogens with zero attached hydrogens (tertiary/aromatic N) is 3. The van der Waals surface area contributed by atoms with Crippen LogP contribution in [-0.2, 0) is 14.8 Å². The predicted molar refractivity (Wildman–Crippen MR) is 175 cm³/mol. The Bertz CT molecular complexity index is 2390. The molecule has 236 valence electrons. The number of fused-ring (bicyclic) bond motifs is 1. The number of nitriles is 1. The lowest BCUT2D eigenvalue weighted by atomic mass is 9.92. The number of carbonyl (C=O) groups excluding carboxylic acids is 1. The molecule has 1 heterocycles. The number of esters is 1. The van der Waals surface area contributed by atoms with Crippen molar-refractivity contribution in [3.05, 3.63) is 143 Å². The second-order valence-electron chi connectivity index (χ2n) is 10.6. The van der Waals surface area contributed by atoms with Gasteiger partial charge in [-0.25, -0.2) is 35.2 Å². The van der Waals surface area contributed by atoms with Crippen LogP contribution in [-0.4, -0.2) is 25.5 Å². The van der Waals surface area contributed by atoms with Gasteiger partial charge in [-0.1, -0.05) is 54.6 Å². The number of benzene rings is 5. The highest BCUT2D eigenvalue weighted by Crippen LogP contribution is 2.48. The highest BCUT2D eigenvalue weighted by Gasteiger charge is 2.31. The summed E-state index contributed by atoms with van der Waals surface area (Å²) in [4.78, 5) is 15.3. The molecule has 0 aliphatic rings. The molecule has 0 N–H and O–H groups in total. The summed E-state index contributed by atoms with van der Waals surface area (Å²) in [5.41, 5.74) is 1.95. The number of carbonyl (C=O) groups is 1. The predicted octanol–water partition coefficient (Wildman–Crippen LogP) is 9.17. The molecule has 1 aromatic heterocycles. The van der Waals surface area contributed by atoms with E-state index in [0.29, 0.717) is 22.3 Å². The van der Waals surface area contributed by atoms with Gasteiger partial charge in [0.15, 0.2) is 5.69 Å². The maximum absolute atomic E-state index is 15.0. The Labute approximate surface area is 273 Å². The molecule has 0 unspecified atom stereocenters. The van der Waals surface area contributed by atoms with Crippen LogP contribution < -0.4 is 0 Å². The van der Waals surface area contributed by atoms with Crippen molar-refractivity contribution < 1.29 is 31.1 Å². The van der Waals surface area contributed by atoms with Crippen molar-refractivity contribution in [1.82, 2.24) is 3.97 Å². The molecule has 0 atom stereocenters. The van der Waals surface area contributed by atoms with Crippen LogP contribution in [0.15, 0.2) is 114 Å². The van der Waals surface area contributed by atoms with Crippen molar-refractivity contribution in [2.75, 3.05) is 7.11 Å². The molecule has 0 aliphatic carbocycles. The van der Waals surface area contributed by atoms with Crippen LogP contribution in [0, 0.1) is 23.7 Å². The summed E-state index contributed by atoms with van der Waals surface area (Å²) in [5, 5.41) is 10.2. The lowest BCUT2D eigenvalue weighted by Gasteiger charge is -2.16. The largest absolute Gasteiger partial charge is 0.465 e. The van der Waals surface area contributed by atoms with Gasteiger partial charge in [0.1, 0.15) is 5.82 Å². The molecular formula is C37H22F3N3O4S. The van der Waals surface area contributed by atoms with Gasteiger partial charge in [-0.05, 0) is 65.7 Å². The van der Waals surface area contributed by atoms with Crippen LogP contribution in [0.25, 0.3) is 49.3 Å². The van der Waals surface area contributed by atoms with Gasteiger partial charge in [-0.15, -0.1) is 0 Å². The molecule has 0 aliphatic heterocycles. The summed E-state index contributed by atoms with van der Waals surface area (Å²) in [6, 6.07) is 27.6. The monoisotopic (exact) mass is 661 g/mol. The molecule has 0 spiro atoms. The molecule has 6 rings (SSSR count). The second-order valence-corrected chi connectivity index (χ2v) is 12.4. The average Bonchev–Trinajstić information content (AvgIpc) is 3.45. The zero-order valence-corrected chi connectivity index (χ0v) is 25.8. The summed E-state index contributed by atoms with van der Waals surface area (Å²) in [6.45, 7) is 7.88. The number of alkyl halides is 2. The molecule has 0 radical (unpaired) electrons. The van der Waals surface area contributed by atoms with Crippen molar-refractivity contribution >= 4 is 32.6 Å². The van der Waals surface area contributed by atoms with Crippen molar-refractivity contribution in [3.63, 3.8) is 0 Å². The number of rotatable bonds is 7. The topological polar surface area (TPSA) is 93.5 Å². The Hall–Kier alpha value is -6.17. The molecule has 7 nitrogen and oxygen atoms in total. The number of methoxy groups -OCH3 is 1. The van der Waals surface area contributed by atoms with Crippen LogP contribution >= 0.6 is 0 Å². The van der Waals surface area contributed by atoms with E-state index < -0.39 is 28.2 Å². The second kappa shape index (κ2) is 12.6. The van der Waals surface area contributed by atoms with Gasteiger partial charge in [0.2, 0.25) is 0 Å². The fourth-order valence-electron chi connectivity index (χ4n) is 5.64. The van der Waals surface area contributed by atoms with Gasteiger partial charge in [-0.3, -0.25) is 0 Å². The Morgan fingerprint density at radius 1 is 0.875 bits per heavy atom. The van der Waals surface area contributed by atoms with Crippen LogP contribution in [0.2, 0.25) is 0 Å². The highest BCUT2D eigenvalue weighted by molar-refractivity contribution is 7.90. The average molecular weight is 662 g/mol. The molecule has 0 amide bonds. The molecule has 0 bridgehead atoms. The first-order valence-electron chi connectivity index (χ1n) is 14.3. The first-order valence-corrected chi connectivity index (χ1v) is 15.7. The Kier molecular flexibility index (Phi) is 8.32. The number of ether oxygens (including phenoxy) is 1. The van der Waals surface area contributed by atoms with E-state index >= 15 is 0 Å². The summed E-state index contributed by atoms with van der Waals surface area (Å²) in [7, 11) is -3.31. The Morgan fingerprint density at radius 3 is 2.21 bits per heavy atom. The fraction of sp³-hybridized carbons (Fsp3) is 0.0541. The zero-order valence-electron chi connectivity index (χ0n) is 25.0. The van der Waals surface area contributed by atoms with E-state index in [9.17, 15) is 31.6 Å². The molecule has 0 saturated carbocycles.